The molecule has 2 aromatic rings. The van der Waals surface area contributed by atoms with Crippen molar-refractivity contribution in [2.75, 3.05) is 19.1 Å². The Bertz CT molecular complexity index is 1720. The first kappa shape index (κ1) is 31.0. The van der Waals surface area contributed by atoms with Crippen LogP contribution in [0.2, 0.25) is 0 Å². The molecule has 1 N–H and O–H groups in total. The van der Waals surface area contributed by atoms with Crippen molar-refractivity contribution in [2.24, 2.45) is 17.8 Å². The highest BCUT2D eigenvalue weighted by Crippen LogP contribution is 2.67. The first-order valence-electron chi connectivity index (χ1n) is 13.2. The number of anilines is 1. The molecule has 6 rings (SSSR count). The maximum atomic E-state index is 14.4. The number of ether oxygens (including phenoxy) is 2. The highest BCUT2D eigenvalue weighted by molar-refractivity contribution is 9.13. The van der Waals surface area contributed by atoms with E-state index in [1.54, 1.807) is 6.08 Å². The summed E-state index contributed by atoms with van der Waals surface area (Å²) in [5, 5.41) is 10.7. The molecule has 15 heteroatoms. The number of hydrogen-bond donors (Lipinski definition) is 1. The number of likely N-dealkylation sites (tertiary alicyclic amines) is 1. The summed E-state index contributed by atoms with van der Waals surface area (Å²) in [4.78, 5) is 64.9. The molecule has 44 heavy (non-hydrogen) atoms. The lowest BCUT2D eigenvalue weighted by molar-refractivity contribution is -0.138. The number of imide groups is 4. The minimum Gasteiger partial charge on any atom is -0.503 e. The molecule has 0 radical (unpaired) electrons. The number of benzene rings is 2. The van der Waals surface area contributed by atoms with E-state index >= 15 is 0 Å². The number of rotatable bonds is 3. The number of phenolic OH excluding ortho intramolecular Hbond substituents is 1. The van der Waals surface area contributed by atoms with Crippen molar-refractivity contribution >= 4 is 90.5 Å². The van der Waals surface area contributed by atoms with Crippen LogP contribution in [0.15, 0.2) is 50.9 Å². The molecule has 2 heterocycles. The molecule has 6 atom stereocenters. The molecule has 0 spiro atoms. The molecule has 0 aromatic heterocycles. The number of methoxy groups -OCH3 is 2. The summed E-state index contributed by atoms with van der Waals surface area (Å²) >= 11 is 21.4. The predicted molar refractivity (Wildman–Crippen MR) is 161 cm³/mol. The minimum atomic E-state index is -2.22. The zero-order chi connectivity index (χ0) is 32.0. The zero-order valence-electron chi connectivity index (χ0n) is 22.8. The molecule has 2 aromatic carbocycles. The van der Waals surface area contributed by atoms with Gasteiger partial charge in [0.05, 0.1) is 36.2 Å². The SMILES string of the molecule is COC(=O)N1C(=O)[C@H]2[C@H](CC=C3[C@H]2C[C@@]2(Cl)C(=O)N(c4ccc(F)cc4)C(=O)[C@@]2(Cl)[C@H]3c2cc(OC)c(O)c(Br)c2Br)C1=O. The lowest BCUT2D eigenvalue weighted by Crippen LogP contribution is -2.60. The van der Waals surface area contributed by atoms with Crippen LogP contribution in [0.4, 0.5) is 14.9 Å². The van der Waals surface area contributed by atoms with E-state index < -0.39 is 69.0 Å². The monoisotopic (exact) mass is 772 g/mol. The van der Waals surface area contributed by atoms with Crippen molar-refractivity contribution in [2.45, 2.75) is 28.5 Å². The fourth-order valence-electron chi connectivity index (χ4n) is 6.99. The maximum absolute atomic E-state index is 14.4. The van der Waals surface area contributed by atoms with Crippen molar-refractivity contribution in [1.82, 2.24) is 4.90 Å². The molecule has 2 saturated heterocycles. The average molecular weight is 775 g/mol. The Morgan fingerprint density at radius 2 is 1.68 bits per heavy atom. The van der Waals surface area contributed by atoms with E-state index in [0.717, 1.165) is 24.1 Å². The number of nitrogens with zero attached hydrogens (tertiary/aromatic N) is 2. The molecule has 5 amide bonds. The van der Waals surface area contributed by atoms with Gasteiger partial charge in [0.1, 0.15) is 5.82 Å². The molecule has 4 aliphatic rings. The summed E-state index contributed by atoms with van der Waals surface area (Å²) in [7, 11) is 2.36. The summed E-state index contributed by atoms with van der Waals surface area (Å²) in [5.41, 5.74) is 0.745. The number of carbonyl (C=O) groups excluding carboxylic acids is 5. The van der Waals surface area contributed by atoms with Gasteiger partial charge in [0.15, 0.2) is 21.2 Å². The maximum Gasteiger partial charge on any atom is 0.423 e. The fraction of sp³-hybridized carbons (Fsp3) is 0.345. The van der Waals surface area contributed by atoms with Gasteiger partial charge in [-0.3, -0.25) is 19.2 Å². The van der Waals surface area contributed by atoms with Crippen LogP contribution >= 0.6 is 55.1 Å². The number of phenols is 1. The van der Waals surface area contributed by atoms with Crippen LogP contribution in [-0.2, 0) is 23.9 Å². The van der Waals surface area contributed by atoms with Crippen molar-refractivity contribution in [1.29, 1.82) is 0 Å². The quantitative estimate of drug-likeness (QED) is 0.250. The Balaban J connectivity index is 1.61. The normalized spacial score (nSPS) is 31.0. The van der Waals surface area contributed by atoms with Crippen molar-refractivity contribution < 1.29 is 42.9 Å². The van der Waals surface area contributed by atoms with Crippen LogP contribution in [0.25, 0.3) is 0 Å². The van der Waals surface area contributed by atoms with Gasteiger partial charge in [-0.05, 0) is 86.5 Å². The van der Waals surface area contributed by atoms with Gasteiger partial charge in [-0.15, -0.1) is 23.2 Å². The van der Waals surface area contributed by atoms with E-state index in [9.17, 15) is 33.5 Å². The van der Waals surface area contributed by atoms with Gasteiger partial charge in [0.2, 0.25) is 11.8 Å². The Labute approximate surface area is 276 Å². The molecule has 0 unspecified atom stereocenters. The van der Waals surface area contributed by atoms with Gasteiger partial charge in [-0.1, -0.05) is 11.6 Å². The third kappa shape index (κ3) is 3.91. The van der Waals surface area contributed by atoms with E-state index in [1.807, 2.05) is 0 Å². The minimum absolute atomic E-state index is 0.00285. The molecular formula is C29H21Br2Cl2FN2O8. The van der Waals surface area contributed by atoms with Crippen molar-refractivity contribution in [3.05, 3.63) is 62.3 Å². The molecule has 2 aliphatic carbocycles. The van der Waals surface area contributed by atoms with Gasteiger partial charge in [-0.25, -0.2) is 14.1 Å². The second kappa shape index (κ2) is 10.5. The Hall–Kier alpha value is -3.00. The Morgan fingerprint density at radius 1 is 1.02 bits per heavy atom. The van der Waals surface area contributed by atoms with Crippen molar-refractivity contribution in [3.8, 4) is 11.5 Å². The second-order valence-electron chi connectivity index (χ2n) is 10.9. The second-order valence-corrected chi connectivity index (χ2v) is 13.7. The number of alkyl halides is 2. The van der Waals surface area contributed by atoms with Crippen LogP contribution in [0.1, 0.15) is 24.3 Å². The van der Waals surface area contributed by atoms with Crippen LogP contribution in [0.3, 0.4) is 0 Å². The first-order chi connectivity index (χ1) is 20.7. The lowest BCUT2D eigenvalue weighted by Gasteiger charge is -2.51. The van der Waals surface area contributed by atoms with Crippen LogP contribution in [-0.4, -0.2) is 63.7 Å². The van der Waals surface area contributed by atoms with Crippen LogP contribution in [0.5, 0.6) is 11.5 Å². The van der Waals surface area contributed by atoms with E-state index in [1.165, 1.54) is 25.3 Å². The number of amides is 5. The highest BCUT2D eigenvalue weighted by atomic mass is 79.9. The fourth-order valence-corrected chi connectivity index (χ4v) is 8.88. The lowest BCUT2D eigenvalue weighted by atomic mass is 9.56. The smallest absolute Gasteiger partial charge is 0.423 e. The van der Waals surface area contributed by atoms with Gasteiger partial charge in [0.25, 0.3) is 11.8 Å². The topological polar surface area (TPSA) is 131 Å². The van der Waals surface area contributed by atoms with E-state index in [2.05, 4.69) is 36.6 Å². The molecule has 3 fully saturated rings. The summed E-state index contributed by atoms with van der Waals surface area (Å²) in [6.45, 7) is 0. The predicted octanol–water partition coefficient (Wildman–Crippen LogP) is 5.39. The van der Waals surface area contributed by atoms with Crippen molar-refractivity contribution in [3.63, 3.8) is 0 Å². The Morgan fingerprint density at radius 3 is 2.30 bits per heavy atom. The van der Waals surface area contributed by atoms with Crippen LogP contribution < -0.4 is 9.64 Å². The third-order valence-corrected chi connectivity index (χ3v) is 12.5. The van der Waals surface area contributed by atoms with Gasteiger partial charge in [-0.2, -0.15) is 4.90 Å². The number of fused-ring (bicyclic) bond motifs is 4. The molecule has 1 saturated carbocycles. The number of carbonyl (C=O) groups is 5. The number of allylic oxidation sites excluding steroid dienone is 2. The zero-order valence-corrected chi connectivity index (χ0v) is 27.5. The Kier molecular flexibility index (Phi) is 7.42. The first-order valence-corrected chi connectivity index (χ1v) is 15.5. The van der Waals surface area contributed by atoms with E-state index in [0.29, 0.717) is 10.5 Å². The molecule has 0 bridgehead atoms. The largest absolute Gasteiger partial charge is 0.503 e. The van der Waals surface area contributed by atoms with Gasteiger partial charge in [0, 0.05) is 10.4 Å². The number of halogens is 5. The third-order valence-electron chi connectivity index (χ3n) is 8.96. The highest BCUT2D eigenvalue weighted by Gasteiger charge is 2.77. The number of hydrogen-bond acceptors (Lipinski definition) is 8. The summed E-state index contributed by atoms with van der Waals surface area (Å²) in [6, 6.07) is 6.07. The van der Waals surface area contributed by atoms with E-state index in [4.69, 9.17) is 27.9 Å². The summed E-state index contributed by atoms with van der Waals surface area (Å²) < 4.78 is 24.3. The van der Waals surface area contributed by atoms with Gasteiger partial charge < -0.3 is 14.6 Å². The summed E-state index contributed by atoms with van der Waals surface area (Å²) in [5.74, 6) is -8.45. The standard InChI is InChI=1S/C29H21Br2Cl2FN2O8/c1-43-17-9-15(20(30)21(31)22(17)37)19-13-7-8-14-18(24(39)36(23(14)38)27(42)44-2)16(13)10-28(32)25(40)35(26(41)29(19,28)33)12-5-3-11(34)4-6-12/h3-7,9,14,16,18-19,37H,8,10H2,1-2H3/t14-,16+,18-,19+,28+,29-/m0/s1. The molecule has 230 valence electrons. The summed E-state index contributed by atoms with van der Waals surface area (Å²) in [6.07, 6.45) is 0.220. The molecular weight excluding hydrogens is 754 g/mol. The molecule has 10 nitrogen and oxygen atoms in total. The van der Waals surface area contributed by atoms with Gasteiger partial charge >= 0.3 is 6.09 Å². The molecule has 2 aliphatic heterocycles. The number of aromatic hydroxyl groups is 1. The van der Waals surface area contributed by atoms with Crippen LogP contribution in [0, 0.1) is 23.6 Å². The average Bonchev–Trinajstić information content (AvgIpc) is 3.34. The van der Waals surface area contributed by atoms with E-state index in [-0.39, 0.29) is 44.5 Å².